The maximum absolute atomic E-state index is 12.0. The highest BCUT2D eigenvalue weighted by atomic mass is 32.2. The maximum Gasteiger partial charge on any atom is 0.343 e. The van der Waals surface area contributed by atoms with Crippen LogP contribution in [0.3, 0.4) is 0 Å². The van der Waals surface area contributed by atoms with Crippen molar-refractivity contribution in [2.75, 3.05) is 5.75 Å². The van der Waals surface area contributed by atoms with Gasteiger partial charge in [-0.05, 0) is 6.92 Å². The number of thioether (sulfide) groups is 1. The minimum atomic E-state index is -0.549. The zero-order chi connectivity index (χ0) is 15.4. The molecule has 0 fully saturated rings. The van der Waals surface area contributed by atoms with Crippen LogP contribution in [0.4, 0.5) is 5.69 Å². The van der Waals surface area contributed by atoms with Gasteiger partial charge in [0.25, 0.3) is 5.69 Å². The molecule has 9 heteroatoms. The van der Waals surface area contributed by atoms with Crippen LogP contribution in [0.15, 0.2) is 34.2 Å². The molecule has 0 bridgehead atoms. The smallest absolute Gasteiger partial charge is 0.293 e. The Morgan fingerprint density at radius 1 is 1.52 bits per heavy atom. The Labute approximate surface area is 123 Å². The van der Waals surface area contributed by atoms with Gasteiger partial charge in [0.1, 0.15) is 0 Å². The van der Waals surface area contributed by atoms with E-state index in [1.54, 1.807) is 6.92 Å². The number of hydrogen-bond donors (Lipinski definition) is 1. The van der Waals surface area contributed by atoms with Crippen molar-refractivity contribution in [1.82, 2.24) is 14.8 Å². The molecular weight excluding hydrogens is 296 g/mol. The molecule has 0 saturated carbocycles. The van der Waals surface area contributed by atoms with Crippen LogP contribution in [-0.2, 0) is 6.54 Å². The number of non-ortho nitro benzene ring substituents is 1. The molecule has 21 heavy (non-hydrogen) atoms. The summed E-state index contributed by atoms with van der Waals surface area (Å²) in [6.45, 7) is 2.24. The first-order valence-corrected chi connectivity index (χ1v) is 7.07. The zero-order valence-corrected chi connectivity index (χ0v) is 11.9. The van der Waals surface area contributed by atoms with Gasteiger partial charge in [0, 0.05) is 24.2 Å². The predicted octanol–water partition coefficient (Wildman–Crippen LogP) is 1.47. The quantitative estimate of drug-likeness (QED) is 0.374. The number of H-pyrrole nitrogens is 1. The van der Waals surface area contributed by atoms with E-state index in [2.05, 4.69) is 10.2 Å². The molecule has 1 aromatic heterocycles. The molecule has 0 spiro atoms. The Bertz CT molecular complexity index is 737. The number of nitrogens with one attached hydrogen (secondary N) is 1. The number of carbonyl (C=O) groups excluding carboxylic acids is 1. The van der Waals surface area contributed by atoms with Crippen LogP contribution in [0, 0.1) is 10.1 Å². The van der Waals surface area contributed by atoms with Crippen molar-refractivity contribution in [3.05, 3.63) is 50.4 Å². The Morgan fingerprint density at radius 3 is 2.95 bits per heavy atom. The Kier molecular flexibility index (Phi) is 4.53. The lowest BCUT2D eigenvalue weighted by atomic mass is 10.1. The first-order valence-electron chi connectivity index (χ1n) is 6.08. The summed E-state index contributed by atoms with van der Waals surface area (Å²) in [6, 6.07) is 5.55. The number of aromatic amines is 1. The average molecular weight is 308 g/mol. The van der Waals surface area contributed by atoms with Crippen LogP contribution >= 0.6 is 11.8 Å². The second-order valence-electron chi connectivity index (χ2n) is 4.07. The third kappa shape index (κ3) is 3.37. The number of hydrogen-bond acceptors (Lipinski definition) is 6. The second kappa shape index (κ2) is 6.35. The van der Waals surface area contributed by atoms with Crippen molar-refractivity contribution in [1.29, 1.82) is 0 Å². The number of nitro benzene ring substituents is 1. The minimum absolute atomic E-state index is 0.0471. The highest BCUT2D eigenvalue weighted by molar-refractivity contribution is 7.99. The van der Waals surface area contributed by atoms with E-state index < -0.39 is 4.92 Å². The number of carbonyl (C=O) groups is 1. The number of aromatic nitrogens is 3. The minimum Gasteiger partial charge on any atom is -0.293 e. The van der Waals surface area contributed by atoms with Crippen molar-refractivity contribution in [3.8, 4) is 0 Å². The van der Waals surface area contributed by atoms with E-state index >= 15 is 0 Å². The summed E-state index contributed by atoms with van der Waals surface area (Å²) in [7, 11) is 0. The molecule has 110 valence electrons. The van der Waals surface area contributed by atoms with E-state index in [0.717, 1.165) is 11.8 Å². The third-order valence-electron chi connectivity index (χ3n) is 2.75. The molecule has 0 radical (unpaired) electrons. The number of Topliss-reactive ketones (excluding diaryl/α,β-unsaturated/α-hetero) is 1. The number of nitrogens with zero attached hydrogens (tertiary/aromatic N) is 3. The molecule has 2 aromatic rings. The van der Waals surface area contributed by atoms with Gasteiger partial charge in [-0.3, -0.25) is 19.5 Å². The molecule has 0 aliphatic rings. The summed E-state index contributed by atoms with van der Waals surface area (Å²) in [6.07, 6.45) is 0. The number of rotatable bonds is 6. The Balaban J connectivity index is 2.10. The third-order valence-corrected chi connectivity index (χ3v) is 3.73. The maximum atomic E-state index is 12.0. The average Bonchev–Trinajstić information content (AvgIpc) is 2.84. The molecule has 2 rings (SSSR count). The summed E-state index contributed by atoms with van der Waals surface area (Å²) in [5, 5.41) is 17.2. The molecule has 0 amide bonds. The first-order chi connectivity index (χ1) is 10.0. The molecule has 1 aromatic carbocycles. The highest BCUT2D eigenvalue weighted by Crippen LogP contribution is 2.18. The van der Waals surface area contributed by atoms with E-state index in [9.17, 15) is 19.7 Å². The van der Waals surface area contributed by atoms with E-state index in [1.807, 2.05) is 0 Å². The largest absolute Gasteiger partial charge is 0.343 e. The summed E-state index contributed by atoms with van der Waals surface area (Å²) in [5.41, 5.74) is -0.198. The van der Waals surface area contributed by atoms with E-state index in [1.165, 1.54) is 28.8 Å². The monoisotopic (exact) mass is 308 g/mol. The van der Waals surface area contributed by atoms with Crippen LogP contribution < -0.4 is 5.69 Å². The summed E-state index contributed by atoms with van der Waals surface area (Å²) in [5.74, 6) is -0.215. The lowest BCUT2D eigenvalue weighted by Crippen LogP contribution is -2.16. The van der Waals surface area contributed by atoms with Crippen molar-refractivity contribution >= 4 is 23.2 Å². The van der Waals surface area contributed by atoms with Crippen LogP contribution in [-0.4, -0.2) is 31.2 Å². The normalized spacial score (nSPS) is 10.5. The van der Waals surface area contributed by atoms with Crippen molar-refractivity contribution in [3.63, 3.8) is 0 Å². The number of ketones is 1. The Hall–Kier alpha value is -2.42. The van der Waals surface area contributed by atoms with Crippen LogP contribution in [0.5, 0.6) is 0 Å². The van der Waals surface area contributed by atoms with Crippen molar-refractivity contribution < 1.29 is 9.72 Å². The summed E-state index contributed by atoms with van der Waals surface area (Å²) in [4.78, 5) is 33.5. The molecule has 0 atom stereocenters. The van der Waals surface area contributed by atoms with Gasteiger partial charge in [-0.2, -0.15) is 0 Å². The lowest BCUT2D eigenvalue weighted by Gasteiger charge is -2.02. The fraction of sp³-hybridized carbons (Fsp3) is 0.250. The number of nitro groups is 1. The van der Waals surface area contributed by atoms with Gasteiger partial charge in [0.15, 0.2) is 10.9 Å². The van der Waals surface area contributed by atoms with Crippen LogP contribution in [0.2, 0.25) is 0 Å². The summed E-state index contributed by atoms with van der Waals surface area (Å²) < 4.78 is 1.41. The van der Waals surface area contributed by atoms with Gasteiger partial charge < -0.3 is 0 Å². The topological polar surface area (TPSA) is 111 Å². The molecule has 0 aliphatic heterocycles. The SMILES string of the molecule is CCn1c(SCC(=O)c2cccc([N+](=O)[O-])c2)n[nH]c1=O. The van der Waals surface area contributed by atoms with Gasteiger partial charge in [0.05, 0.1) is 10.7 Å². The fourth-order valence-corrected chi connectivity index (χ4v) is 2.60. The van der Waals surface area contributed by atoms with Gasteiger partial charge in [-0.25, -0.2) is 9.89 Å². The molecule has 1 heterocycles. The van der Waals surface area contributed by atoms with E-state index in [4.69, 9.17) is 0 Å². The summed E-state index contributed by atoms with van der Waals surface area (Å²) >= 11 is 1.11. The number of benzene rings is 1. The van der Waals surface area contributed by atoms with E-state index in [0.29, 0.717) is 11.7 Å². The first kappa shape index (κ1) is 15.0. The molecule has 0 unspecified atom stereocenters. The Morgan fingerprint density at radius 2 is 2.29 bits per heavy atom. The van der Waals surface area contributed by atoms with Gasteiger partial charge in [-0.15, -0.1) is 5.10 Å². The van der Waals surface area contributed by atoms with Crippen LogP contribution in [0.1, 0.15) is 17.3 Å². The van der Waals surface area contributed by atoms with Crippen molar-refractivity contribution in [2.45, 2.75) is 18.6 Å². The lowest BCUT2D eigenvalue weighted by molar-refractivity contribution is -0.384. The molecule has 8 nitrogen and oxygen atoms in total. The fourth-order valence-electron chi connectivity index (χ4n) is 1.70. The predicted molar refractivity (Wildman–Crippen MR) is 76.7 cm³/mol. The van der Waals surface area contributed by atoms with Crippen LogP contribution in [0.25, 0.3) is 0 Å². The molecule has 0 saturated heterocycles. The highest BCUT2D eigenvalue weighted by Gasteiger charge is 2.14. The zero-order valence-electron chi connectivity index (χ0n) is 11.1. The van der Waals surface area contributed by atoms with Gasteiger partial charge in [-0.1, -0.05) is 23.9 Å². The molecule has 1 N–H and O–H groups in total. The molecule has 0 aliphatic carbocycles. The van der Waals surface area contributed by atoms with Gasteiger partial charge in [0.2, 0.25) is 0 Å². The van der Waals surface area contributed by atoms with Gasteiger partial charge >= 0.3 is 5.69 Å². The van der Waals surface area contributed by atoms with Crippen molar-refractivity contribution in [2.24, 2.45) is 0 Å². The molecular formula is C12H12N4O4S. The van der Waals surface area contributed by atoms with E-state index in [-0.39, 0.29) is 28.5 Å². The standard InChI is InChI=1S/C12H12N4O4S/c1-2-15-11(18)13-14-12(15)21-7-10(17)8-4-3-5-9(6-8)16(19)20/h3-6H,2,7H2,1H3,(H,13,18). The second-order valence-corrected chi connectivity index (χ2v) is 5.02.